The highest BCUT2D eigenvalue weighted by Gasteiger charge is 2.34. The summed E-state index contributed by atoms with van der Waals surface area (Å²) in [5.74, 6) is -0.0883. The van der Waals surface area contributed by atoms with E-state index in [2.05, 4.69) is 10.6 Å². The van der Waals surface area contributed by atoms with Gasteiger partial charge in [0.15, 0.2) is 0 Å². The molecule has 2 atom stereocenters. The molecule has 2 aromatic rings. The maximum Gasteiger partial charge on any atom is 0.416 e. The van der Waals surface area contributed by atoms with Crippen molar-refractivity contribution in [3.05, 3.63) is 53.6 Å². The number of ether oxygens (including phenoxy) is 2. The Hall–Kier alpha value is -2.72. The van der Waals surface area contributed by atoms with Crippen LogP contribution >= 0.6 is 11.8 Å². The van der Waals surface area contributed by atoms with Crippen molar-refractivity contribution < 1.29 is 32.2 Å². The molecule has 0 aliphatic carbocycles. The summed E-state index contributed by atoms with van der Waals surface area (Å²) in [4.78, 5) is 25.2. The highest BCUT2D eigenvalue weighted by atomic mass is 32.2. The zero-order valence-electron chi connectivity index (χ0n) is 17.6. The third-order valence-corrected chi connectivity index (χ3v) is 6.65. The Morgan fingerprint density at radius 2 is 2.00 bits per heavy atom. The number of carbonyl (C=O) groups excluding carboxylic acids is 2. The molecule has 2 heterocycles. The van der Waals surface area contributed by atoms with E-state index in [1.54, 1.807) is 0 Å². The van der Waals surface area contributed by atoms with Crippen molar-refractivity contribution in [1.29, 1.82) is 0 Å². The first-order chi connectivity index (χ1) is 15.8. The monoisotopic (exact) mass is 480 g/mol. The molecule has 0 aromatic heterocycles. The molecule has 0 bridgehead atoms. The largest absolute Gasteiger partial charge is 0.491 e. The Bertz CT molecular complexity index is 1010. The molecule has 0 saturated carbocycles. The zero-order chi connectivity index (χ0) is 23.4. The van der Waals surface area contributed by atoms with Gasteiger partial charge in [0.25, 0.3) is 0 Å². The van der Waals surface area contributed by atoms with E-state index in [1.165, 1.54) is 6.07 Å². The number of hydrogen-bond acceptors (Lipinski definition) is 5. The summed E-state index contributed by atoms with van der Waals surface area (Å²) in [6.07, 6.45) is -2.38. The van der Waals surface area contributed by atoms with Crippen LogP contribution in [0.3, 0.4) is 0 Å². The number of amides is 2. The van der Waals surface area contributed by atoms with Crippen LogP contribution in [-0.4, -0.2) is 36.4 Å². The summed E-state index contributed by atoms with van der Waals surface area (Å²) in [6, 6.07) is 10.5. The number of thioether (sulfide) groups is 1. The molecule has 0 radical (unpaired) electrons. The fourth-order valence-electron chi connectivity index (χ4n) is 3.57. The van der Waals surface area contributed by atoms with Gasteiger partial charge in [-0.05, 0) is 48.7 Å². The third kappa shape index (κ3) is 6.20. The molecule has 0 spiro atoms. The highest BCUT2D eigenvalue weighted by Crippen LogP contribution is 2.40. The summed E-state index contributed by atoms with van der Waals surface area (Å²) in [6.45, 7) is 1.58. The average molecular weight is 481 g/mol. The predicted molar refractivity (Wildman–Crippen MR) is 117 cm³/mol. The minimum atomic E-state index is -4.49. The number of halogens is 3. The minimum absolute atomic E-state index is 0.0838. The number of alkyl halides is 3. The Labute approximate surface area is 193 Å². The molecule has 2 aliphatic heterocycles. The average Bonchev–Trinajstić information content (AvgIpc) is 3.30. The predicted octanol–water partition coefficient (Wildman–Crippen LogP) is 4.38. The van der Waals surface area contributed by atoms with Crippen LogP contribution in [0.25, 0.3) is 0 Å². The van der Waals surface area contributed by atoms with Crippen molar-refractivity contribution in [2.45, 2.75) is 48.2 Å². The summed E-state index contributed by atoms with van der Waals surface area (Å²) in [7, 11) is 0. The van der Waals surface area contributed by atoms with Gasteiger partial charge in [0.2, 0.25) is 11.8 Å². The number of hydrogen-bond donors (Lipinski definition) is 2. The number of carbonyl (C=O) groups is 2. The van der Waals surface area contributed by atoms with Gasteiger partial charge in [-0.1, -0.05) is 12.1 Å². The Balaban J connectivity index is 1.25. The van der Waals surface area contributed by atoms with Gasteiger partial charge in [0.05, 0.1) is 22.6 Å². The number of anilines is 1. The van der Waals surface area contributed by atoms with Crippen LogP contribution in [0.1, 0.15) is 30.4 Å². The van der Waals surface area contributed by atoms with Crippen LogP contribution in [0.15, 0.2) is 47.4 Å². The molecule has 1 fully saturated rings. The van der Waals surface area contributed by atoms with E-state index in [1.807, 2.05) is 24.3 Å². The number of nitrogens with one attached hydrogen (secondary N) is 2. The molecule has 1 saturated heterocycles. The number of fused-ring (bicyclic) bond motifs is 1. The maximum atomic E-state index is 12.9. The van der Waals surface area contributed by atoms with Crippen LogP contribution in [-0.2, 0) is 27.0 Å². The fraction of sp³-hybridized carbons (Fsp3) is 0.391. The molecule has 4 rings (SSSR count). The molecule has 33 heavy (non-hydrogen) atoms. The van der Waals surface area contributed by atoms with Gasteiger partial charge in [0.1, 0.15) is 12.4 Å². The van der Waals surface area contributed by atoms with E-state index in [4.69, 9.17) is 9.47 Å². The quantitative estimate of drug-likeness (QED) is 0.615. The standard InChI is InChI=1S/C23H23F3N2O4S/c24-23(25,26)15-5-8-19-18(10-15)28-22(30)20(33-19)11-21(29)27-12-14-3-6-16(7-4-14)32-13-17-2-1-9-31-17/h3-8,10,17,20H,1-2,9,11-13H2,(H,27,29)(H,28,30). The van der Waals surface area contributed by atoms with Crippen molar-refractivity contribution in [3.8, 4) is 5.75 Å². The van der Waals surface area contributed by atoms with Crippen molar-refractivity contribution in [3.63, 3.8) is 0 Å². The van der Waals surface area contributed by atoms with Gasteiger partial charge in [-0.3, -0.25) is 9.59 Å². The van der Waals surface area contributed by atoms with E-state index < -0.39 is 22.9 Å². The second kappa shape index (κ2) is 10.0. The van der Waals surface area contributed by atoms with Crippen molar-refractivity contribution in [1.82, 2.24) is 5.32 Å². The van der Waals surface area contributed by atoms with Crippen LogP contribution < -0.4 is 15.4 Å². The van der Waals surface area contributed by atoms with Crippen LogP contribution in [0.5, 0.6) is 5.75 Å². The van der Waals surface area contributed by atoms with Crippen molar-refractivity contribution >= 4 is 29.3 Å². The van der Waals surface area contributed by atoms with E-state index >= 15 is 0 Å². The molecule has 176 valence electrons. The molecule has 2 amide bonds. The molecule has 2 N–H and O–H groups in total. The smallest absolute Gasteiger partial charge is 0.416 e. The molecule has 2 aromatic carbocycles. The number of benzene rings is 2. The summed E-state index contributed by atoms with van der Waals surface area (Å²) in [5.41, 5.74) is 0.151. The van der Waals surface area contributed by atoms with Gasteiger partial charge in [0, 0.05) is 24.5 Å². The Morgan fingerprint density at radius 1 is 1.21 bits per heavy atom. The Kier molecular flexibility index (Phi) is 7.14. The molecule has 2 aliphatic rings. The third-order valence-electron chi connectivity index (χ3n) is 5.37. The minimum Gasteiger partial charge on any atom is -0.491 e. The lowest BCUT2D eigenvalue weighted by molar-refractivity contribution is -0.137. The first kappa shape index (κ1) is 23.4. The van der Waals surface area contributed by atoms with Gasteiger partial charge in [-0.15, -0.1) is 11.8 Å². The van der Waals surface area contributed by atoms with Crippen LogP contribution in [0.4, 0.5) is 18.9 Å². The summed E-state index contributed by atoms with van der Waals surface area (Å²) >= 11 is 1.09. The van der Waals surface area contributed by atoms with E-state index in [9.17, 15) is 22.8 Å². The highest BCUT2D eigenvalue weighted by molar-refractivity contribution is 8.01. The van der Waals surface area contributed by atoms with Crippen molar-refractivity contribution in [2.24, 2.45) is 0 Å². The first-order valence-corrected chi connectivity index (χ1v) is 11.4. The van der Waals surface area contributed by atoms with Gasteiger partial charge < -0.3 is 20.1 Å². The molecule has 10 heteroatoms. The number of rotatable bonds is 7. The molecular formula is C23H23F3N2O4S. The topological polar surface area (TPSA) is 76.7 Å². The molecule has 2 unspecified atom stereocenters. The Morgan fingerprint density at radius 3 is 2.70 bits per heavy atom. The second-order valence-electron chi connectivity index (χ2n) is 7.88. The lowest BCUT2D eigenvalue weighted by Gasteiger charge is -2.24. The molecular weight excluding hydrogens is 457 g/mol. The second-order valence-corrected chi connectivity index (χ2v) is 9.12. The lowest BCUT2D eigenvalue weighted by atomic mass is 10.1. The van der Waals surface area contributed by atoms with Crippen LogP contribution in [0, 0.1) is 0 Å². The zero-order valence-corrected chi connectivity index (χ0v) is 18.4. The maximum absolute atomic E-state index is 12.9. The lowest BCUT2D eigenvalue weighted by Crippen LogP contribution is -2.34. The summed E-state index contributed by atoms with van der Waals surface area (Å²) < 4.78 is 49.8. The normalized spacial score (nSPS) is 20.2. The fourth-order valence-corrected chi connectivity index (χ4v) is 4.66. The van der Waals surface area contributed by atoms with E-state index in [0.29, 0.717) is 11.5 Å². The SMILES string of the molecule is O=C(CC1Sc2ccc(C(F)(F)F)cc2NC1=O)NCc1ccc(OCC2CCCO2)cc1. The first-order valence-electron chi connectivity index (χ1n) is 10.6. The van der Waals surface area contributed by atoms with Crippen molar-refractivity contribution in [2.75, 3.05) is 18.5 Å². The summed E-state index contributed by atoms with van der Waals surface area (Å²) in [5, 5.41) is 4.53. The molecule has 6 nitrogen and oxygen atoms in total. The van der Waals surface area contributed by atoms with Gasteiger partial charge >= 0.3 is 6.18 Å². The van der Waals surface area contributed by atoms with E-state index in [0.717, 1.165) is 54.7 Å². The van der Waals surface area contributed by atoms with E-state index in [-0.39, 0.29) is 30.7 Å². The van der Waals surface area contributed by atoms with Gasteiger partial charge in [-0.2, -0.15) is 13.2 Å². The van der Waals surface area contributed by atoms with Crippen LogP contribution in [0.2, 0.25) is 0 Å². The van der Waals surface area contributed by atoms with Gasteiger partial charge in [-0.25, -0.2) is 0 Å².